The molecule has 7 heteroatoms. The number of nitro benzene ring substituents is 1. The molecule has 88 valence electrons. The molecule has 0 atom stereocenters. The van der Waals surface area contributed by atoms with E-state index in [0.717, 1.165) is 6.07 Å². The summed E-state index contributed by atoms with van der Waals surface area (Å²) in [5, 5.41) is 11.6. The third-order valence-electron chi connectivity index (χ3n) is 2.32. The quantitative estimate of drug-likeness (QED) is 0.501. The van der Waals surface area contributed by atoms with Crippen molar-refractivity contribution in [2.75, 3.05) is 0 Å². The van der Waals surface area contributed by atoms with Crippen molar-refractivity contribution in [3.05, 3.63) is 46.5 Å². The van der Waals surface area contributed by atoms with Crippen molar-refractivity contribution in [2.45, 2.75) is 4.90 Å². The van der Waals surface area contributed by atoms with Crippen LogP contribution in [0.2, 0.25) is 0 Å². The Balaban J connectivity index is 2.98. The first-order valence-electron chi connectivity index (χ1n) is 4.55. The van der Waals surface area contributed by atoms with Gasteiger partial charge in [-0.3, -0.25) is 14.7 Å². The molecule has 2 aromatic rings. The molecule has 0 spiro atoms. The lowest BCUT2D eigenvalue weighted by molar-refractivity contribution is -0.386. The van der Waals surface area contributed by atoms with Crippen molar-refractivity contribution < 1.29 is 17.9 Å². The van der Waals surface area contributed by atoms with Crippen LogP contribution in [0.25, 0.3) is 10.8 Å². The summed E-state index contributed by atoms with van der Waals surface area (Å²) >= 11 is 0. The first-order chi connectivity index (χ1) is 7.91. The summed E-state index contributed by atoms with van der Waals surface area (Å²) in [4.78, 5) is 9.41. The highest BCUT2D eigenvalue weighted by Crippen LogP contribution is 2.32. The fourth-order valence-corrected chi connectivity index (χ4v) is 2.30. The maximum Gasteiger partial charge on any atom is 0.301 e. The van der Waals surface area contributed by atoms with Gasteiger partial charge in [-0.15, -0.1) is 0 Å². The summed E-state index contributed by atoms with van der Waals surface area (Å²) in [5.74, 6) is 0. The zero-order chi connectivity index (χ0) is 12.6. The topological polar surface area (TPSA) is 97.5 Å². The number of benzene rings is 2. The van der Waals surface area contributed by atoms with E-state index in [-0.39, 0.29) is 5.39 Å². The van der Waals surface area contributed by atoms with E-state index in [4.69, 9.17) is 4.55 Å². The molecule has 6 nitrogen and oxygen atoms in total. The van der Waals surface area contributed by atoms with Gasteiger partial charge in [0, 0.05) is 0 Å². The molecule has 0 aliphatic rings. The van der Waals surface area contributed by atoms with Crippen LogP contribution in [0.1, 0.15) is 0 Å². The molecule has 0 aliphatic heterocycles. The molecule has 0 saturated carbocycles. The molecular weight excluding hydrogens is 246 g/mol. The van der Waals surface area contributed by atoms with Crippen molar-refractivity contribution in [3.63, 3.8) is 0 Å². The van der Waals surface area contributed by atoms with E-state index >= 15 is 0 Å². The lowest BCUT2D eigenvalue weighted by atomic mass is 10.1. The molecule has 2 aromatic carbocycles. The van der Waals surface area contributed by atoms with Gasteiger partial charge in [0.2, 0.25) is 0 Å². The summed E-state index contributed by atoms with van der Waals surface area (Å²) in [6, 6.07) is 8.72. The van der Waals surface area contributed by atoms with Crippen LogP contribution in [0.5, 0.6) is 0 Å². The minimum atomic E-state index is -4.61. The molecule has 0 amide bonds. The molecule has 0 heterocycles. The van der Waals surface area contributed by atoms with Crippen molar-refractivity contribution in [3.8, 4) is 0 Å². The predicted octanol–water partition coefficient (Wildman–Crippen LogP) is 1.99. The van der Waals surface area contributed by atoms with Gasteiger partial charge in [-0.2, -0.15) is 8.42 Å². The highest BCUT2D eigenvalue weighted by atomic mass is 32.2. The van der Waals surface area contributed by atoms with Gasteiger partial charge >= 0.3 is 10.1 Å². The van der Waals surface area contributed by atoms with Crippen molar-refractivity contribution in [1.29, 1.82) is 0 Å². The molecule has 0 saturated heterocycles. The van der Waals surface area contributed by atoms with Crippen LogP contribution in [0.4, 0.5) is 5.69 Å². The molecule has 1 N–H and O–H groups in total. The Morgan fingerprint density at radius 2 is 1.76 bits per heavy atom. The average Bonchev–Trinajstić information content (AvgIpc) is 2.26. The number of nitrogens with zero attached hydrogens (tertiary/aromatic N) is 1. The number of fused-ring (bicyclic) bond motifs is 1. The second-order valence-electron chi connectivity index (χ2n) is 3.37. The zero-order valence-electron chi connectivity index (χ0n) is 8.40. The van der Waals surface area contributed by atoms with Crippen LogP contribution in [-0.4, -0.2) is 17.9 Å². The molecule has 0 aliphatic carbocycles. The van der Waals surface area contributed by atoms with Gasteiger partial charge in [0.05, 0.1) is 10.3 Å². The van der Waals surface area contributed by atoms with Crippen LogP contribution < -0.4 is 0 Å². The molecule has 2 rings (SSSR count). The van der Waals surface area contributed by atoms with E-state index in [2.05, 4.69) is 0 Å². The van der Waals surface area contributed by atoms with Gasteiger partial charge in [-0.25, -0.2) is 0 Å². The highest BCUT2D eigenvalue weighted by molar-refractivity contribution is 7.86. The minimum Gasteiger partial charge on any atom is -0.282 e. The van der Waals surface area contributed by atoms with Gasteiger partial charge in [-0.05, 0) is 17.5 Å². The SMILES string of the molecule is O=[N+]([O-])c1c(S(=O)(=O)O)ccc2ccccc12. The van der Waals surface area contributed by atoms with E-state index < -0.39 is 25.6 Å². The maximum absolute atomic E-state index is 11.1. The van der Waals surface area contributed by atoms with E-state index in [1.807, 2.05) is 0 Å². The van der Waals surface area contributed by atoms with E-state index in [1.54, 1.807) is 18.2 Å². The van der Waals surface area contributed by atoms with E-state index in [9.17, 15) is 18.5 Å². The molecule has 17 heavy (non-hydrogen) atoms. The summed E-state index contributed by atoms with van der Waals surface area (Å²) in [6.45, 7) is 0. The second kappa shape index (κ2) is 3.79. The Morgan fingerprint density at radius 1 is 1.12 bits per heavy atom. The number of rotatable bonds is 2. The van der Waals surface area contributed by atoms with Gasteiger partial charge in [0.25, 0.3) is 5.69 Å². The van der Waals surface area contributed by atoms with Gasteiger partial charge in [-0.1, -0.05) is 24.3 Å². The third-order valence-corrected chi connectivity index (χ3v) is 3.21. The van der Waals surface area contributed by atoms with Crippen LogP contribution >= 0.6 is 0 Å². The van der Waals surface area contributed by atoms with Gasteiger partial charge in [0.15, 0.2) is 4.90 Å². The monoisotopic (exact) mass is 253 g/mol. The van der Waals surface area contributed by atoms with Crippen molar-refractivity contribution in [2.24, 2.45) is 0 Å². The van der Waals surface area contributed by atoms with Crippen LogP contribution in [0.15, 0.2) is 41.3 Å². The van der Waals surface area contributed by atoms with E-state index in [1.165, 1.54) is 12.1 Å². The Morgan fingerprint density at radius 3 is 2.35 bits per heavy atom. The second-order valence-corrected chi connectivity index (χ2v) is 4.76. The smallest absolute Gasteiger partial charge is 0.282 e. The number of hydrogen-bond acceptors (Lipinski definition) is 4. The van der Waals surface area contributed by atoms with Crippen molar-refractivity contribution >= 4 is 26.6 Å². The molecule has 0 radical (unpaired) electrons. The molecular formula is C10H7NO5S. The highest BCUT2D eigenvalue weighted by Gasteiger charge is 2.26. The van der Waals surface area contributed by atoms with E-state index in [0.29, 0.717) is 5.39 Å². The fourth-order valence-electron chi connectivity index (χ4n) is 1.63. The number of hydrogen-bond donors (Lipinski definition) is 1. The Labute approximate surface area is 96.4 Å². The standard InChI is InChI=1S/C10H7NO5S/c12-11(13)10-8-4-2-1-3-7(8)5-6-9(10)17(14,15)16/h1-6H,(H,14,15,16). The summed E-state index contributed by atoms with van der Waals surface area (Å²) in [7, 11) is -4.61. The Hall–Kier alpha value is -1.99. The van der Waals surface area contributed by atoms with Gasteiger partial charge < -0.3 is 0 Å². The van der Waals surface area contributed by atoms with Gasteiger partial charge in [0.1, 0.15) is 0 Å². The molecule has 0 fully saturated rings. The normalized spacial score (nSPS) is 11.6. The lowest BCUT2D eigenvalue weighted by Gasteiger charge is -2.03. The third kappa shape index (κ3) is 1.97. The van der Waals surface area contributed by atoms with Crippen molar-refractivity contribution in [1.82, 2.24) is 0 Å². The average molecular weight is 253 g/mol. The molecule has 0 bridgehead atoms. The summed E-state index contributed by atoms with van der Waals surface area (Å²) < 4.78 is 31.1. The van der Waals surface area contributed by atoms with Crippen LogP contribution in [-0.2, 0) is 10.1 Å². The Kier molecular flexibility index (Phi) is 2.56. The minimum absolute atomic E-state index is 0.174. The zero-order valence-corrected chi connectivity index (χ0v) is 9.22. The Bertz CT molecular complexity index is 708. The summed E-state index contributed by atoms with van der Waals surface area (Å²) in [6.07, 6.45) is 0. The summed E-state index contributed by atoms with van der Waals surface area (Å²) in [5.41, 5.74) is -0.606. The maximum atomic E-state index is 11.1. The predicted molar refractivity (Wildman–Crippen MR) is 60.4 cm³/mol. The van der Waals surface area contributed by atoms with Crippen LogP contribution in [0.3, 0.4) is 0 Å². The molecule has 0 aromatic heterocycles. The number of nitro groups is 1. The fraction of sp³-hybridized carbons (Fsp3) is 0. The first kappa shape index (κ1) is 11.5. The molecule has 0 unspecified atom stereocenters. The lowest BCUT2D eigenvalue weighted by Crippen LogP contribution is -2.03. The van der Waals surface area contributed by atoms with Crippen LogP contribution in [0, 0.1) is 10.1 Å². The largest absolute Gasteiger partial charge is 0.301 e. The first-order valence-corrected chi connectivity index (χ1v) is 5.99.